The minimum Gasteiger partial charge on any atom is -0.380 e. The molecular weight excluding hydrogens is 234 g/mol. The van der Waals surface area contributed by atoms with Crippen LogP contribution < -0.4 is 5.32 Å². The lowest BCUT2D eigenvalue weighted by atomic mass is 10.1. The van der Waals surface area contributed by atoms with Crippen LogP contribution in [0.25, 0.3) is 10.8 Å². The summed E-state index contributed by atoms with van der Waals surface area (Å²) >= 11 is 0. The minimum atomic E-state index is 0.842. The van der Waals surface area contributed by atoms with E-state index in [1.807, 2.05) is 12.4 Å². The Balaban J connectivity index is 1.81. The van der Waals surface area contributed by atoms with Crippen molar-refractivity contribution in [2.45, 2.75) is 20.0 Å². The molecule has 96 valence electrons. The van der Waals surface area contributed by atoms with Crippen LogP contribution in [0.5, 0.6) is 0 Å². The maximum atomic E-state index is 4.16. The number of aryl methyl sites for hydroxylation is 1. The second kappa shape index (κ2) is 5.14. The number of rotatable bonds is 4. The Kier molecular flexibility index (Phi) is 3.19. The van der Waals surface area contributed by atoms with Crippen LogP contribution in [0, 0.1) is 0 Å². The molecule has 0 atom stereocenters. The maximum Gasteiger partial charge on any atom is 0.0423 e. The zero-order valence-corrected chi connectivity index (χ0v) is 11.0. The average molecular weight is 251 g/mol. The number of hydrogen-bond donors (Lipinski definition) is 1. The van der Waals surface area contributed by atoms with Crippen LogP contribution in [-0.2, 0) is 13.1 Å². The van der Waals surface area contributed by atoms with Crippen molar-refractivity contribution in [2.24, 2.45) is 0 Å². The molecule has 0 bridgehead atoms. The average Bonchev–Trinajstić information content (AvgIpc) is 2.93. The number of fused-ring (bicyclic) bond motifs is 1. The fraction of sp³-hybridized carbons (Fsp3) is 0.188. The van der Waals surface area contributed by atoms with Crippen LogP contribution in [0.1, 0.15) is 12.5 Å². The summed E-state index contributed by atoms with van der Waals surface area (Å²) in [5.41, 5.74) is 2.46. The summed E-state index contributed by atoms with van der Waals surface area (Å²) in [6.07, 6.45) is 8.03. The molecule has 0 radical (unpaired) electrons. The lowest BCUT2D eigenvalue weighted by Gasteiger charge is -2.08. The molecule has 1 aromatic carbocycles. The SMILES string of the molecule is CCn1ccc(CNc2cccc3cnccc23)c1. The summed E-state index contributed by atoms with van der Waals surface area (Å²) < 4.78 is 2.18. The lowest BCUT2D eigenvalue weighted by Crippen LogP contribution is -1.99. The summed E-state index contributed by atoms with van der Waals surface area (Å²) in [5, 5.41) is 5.88. The number of aromatic nitrogens is 2. The standard InChI is InChI=1S/C16H17N3/c1-2-19-9-7-13(12-19)10-18-16-5-3-4-14-11-17-8-6-15(14)16/h3-9,11-12,18H,2,10H2,1H3. The van der Waals surface area contributed by atoms with Crippen LogP contribution in [0.15, 0.2) is 55.1 Å². The van der Waals surface area contributed by atoms with Crippen LogP contribution in [0.3, 0.4) is 0 Å². The third kappa shape index (κ3) is 2.45. The number of nitrogens with one attached hydrogen (secondary N) is 1. The van der Waals surface area contributed by atoms with E-state index in [0.29, 0.717) is 0 Å². The normalized spacial score (nSPS) is 10.8. The van der Waals surface area contributed by atoms with Gasteiger partial charge in [-0.05, 0) is 30.7 Å². The van der Waals surface area contributed by atoms with Gasteiger partial charge in [-0.15, -0.1) is 0 Å². The van der Waals surface area contributed by atoms with Crippen molar-refractivity contribution in [3.05, 3.63) is 60.7 Å². The zero-order chi connectivity index (χ0) is 13.1. The highest BCUT2D eigenvalue weighted by atomic mass is 14.9. The Morgan fingerprint density at radius 2 is 2.16 bits per heavy atom. The van der Waals surface area contributed by atoms with Gasteiger partial charge in [0.2, 0.25) is 0 Å². The van der Waals surface area contributed by atoms with Crippen molar-refractivity contribution in [3.63, 3.8) is 0 Å². The van der Waals surface area contributed by atoms with Crippen LogP contribution in [0.4, 0.5) is 5.69 Å². The number of anilines is 1. The number of benzene rings is 1. The van der Waals surface area contributed by atoms with E-state index in [2.05, 4.69) is 64.5 Å². The van der Waals surface area contributed by atoms with E-state index in [-0.39, 0.29) is 0 Å². The van der Waals surface area contributed by atoms with Crippen LogP contribution in [-0.4, -0.2) is 9.55 Å². The fourth-order valence-electron chi connectivity index (χ4n) is 2.27. The molecule has 0 aliphatic heterocycles. The zero-order valence-electron chi connectivity index (χ0n) is 11.0. The molecule has 0 saturated heterocycles. The van der Waals surface area contributed by atoms with Gasteiger partial charge in [-0.1, -0.05) is 12.1 Å². The second-order valence-corrected chi connectivity index (χ2v) is 4.61. The van der Waals surface area contributed by atoms with E-state index in [1.54, 1.807) is 0 Å². The predicted molar refractivity (Wildman–Crippen MR) is 79.2 cm³/mol. The molecule has 0 spiro atoms. The van der Waals surface area contributed by atoms with Crippen molar-refractivity contribution in [1.82, 2.24) is 9.55 Å². The van der Waals surface area contributed by atoms with E-state index in [0.717, 1.165) is 18.8 Å². The largest absolute Gasteiger partial charge is 0.380 e. The van der Waals surface area contributed by atoms with Gasteiger partial charge in [0.25, 0.3) is 0 Å². The summed E-state index contributed by atoms with van der Waals surface area (Å²) in [4.78, 5) is 4.16. The van der Waals surface area contributed by atoms with Crippen molar-refractivity contribution in [3.8, 4) is 0 Å². The van der Waals surface area contributed by atoms with E-state index < -0.39 is 0 Å². The van der Waals surface area contributed by atoms with E-state index in [4.69, 9.17) is 0 Å². The molecule has 1 N–H and O–H groups in total. The van der Waals surface area contributed by atoms with E-state index >= 15 is 0 Å². The van der Waals surface area contributed by atoms with E-state index in [9.17, 15) is 0 Å². The molecule has 3 aromatic rings. The smallest absolute Gasteiger partial charge is 0.0423 e. The molecule has 0 amide bonds. The summed E-state index contributed by atoms with van der Waals surface area (Å²) in [6.45, 7) is 4.00. The first-order valence-electron chi connectivity index (χ1n) is 6.58. The monoisotopic (exact) mass is 251 g/mol. The van der Waals surface area contributed by atoms with E-state index in [1.165, 1.54) is 16.3 Å². The third-order valence-electron chi connectivity index (χ3n) is 3.34. The van der Waals surface area contributed by atoms with Gasteiger partial charge < -0.3 is 9.88 Å². The minimum absolute atomic E-state index is 0.842. The predicted octanol–water partition coefficient (Wildman–Crippen LogP) is 3.67. The third-order valence-corrected chi connectivity index (χ3v) is 3.34. The van der Waals surface area contributed by atoms with Gasteiger partial charge in [-0.3, -0.25) is 4.98 Å². The molecule has 0 saturated carbocycles. The Bertz CT molecular complexity index is 680. The number of hydrogen-bond acceptors (Lipinski definition) is 2. The molecule has 0 fully saturated rings. The number of nitrogens with zero attached hydrogens (tertiary/aromatic N) is 2. The number of pyridine rings is 1. The first-order valence-corrected chi connectivity index (χ1v) is 6.58. The van der Waals surface area contributed by atoms with Crippen molar-refractivity contribution in [1.29, 1.82) is 0 Å². The summed E-state index contributed by atoms with van der Waals surface area (Å²) in [6, 6.07) is 10.5. The first kappa shape index (κ1) is 11.8. The summed E-state index contributed by atoms with van der Waals surface area (Å²) in [7, 11) is 0. The molecule has 3 nitrogen and oxygen atoms in total. The molecule has 2 aromatic heterocycles. The molecular formula is C16H17N3. The van der Waals surface area contributed by atoms with Gasteiger partial charge in [0.05, 0.1) is 0 Å². The van der Waals surface area contributed by atoms with Gasteiger partial charge >= 0.3 is 0 Å². The molecule has 0 aliphatic carbocycles. The molecule has 3 heteroatoms. The Morgan fingerprint density at radius 3 is 3.00 bits per heavy atom. The lowest BCUT2D eigenvalue weighted by molar-refractivity contribution is 0.766. The van der Waals surface area contributed by atoms with Crippen molar-refractivity contribution in [2.75, 3.05) is 5.32 Å². The van der Waals surface area contributed by atoms with Gasteiger partial charge in [0, 0.05) is 54.3 Å². The van der Waals surface area contributed by atoms with Gasteiger partial charge in [-0.25, -0.2) is 0 Å². The molecule has 0 aliphatic rings. The second-order valence-electron chi connectivity index (χ2n) is 4.61. The van der Waals surface area contributed by atoms with Gasteiger partial charge in [0.1, 0.15) is 0 Å². The Labute approximate surface area is 112 Å². The highest BCUT2D eigenvalue weighted by Crippen LogP contribution is 2.22. The van der Waals surface area contributed by atoms with Crippen LogP contribution in [0.2, 0.25) is 0 Å². The molecule has 3 rings (SSSR count). The molecule has 19 heavy (non-hydrogen) atoms. The van der Waals surface area contributed by atoms with Gasteiger partial charge in [0.15, 0.2) is 0 Å². The van der Waals surface area contributed by atoms with Crippen molar-refractivity contribution >= 4 is 16.5 Å². The maximum absolute atomic E-state index is 4.16. The Hall–Kier alpha value is -2.29. The van der Waals surface area contributed by atoms with Gasteiger partial charge in [-0.2, -0.15) is 0 Å². The summed E-state index contributed by atoms with van der Waals surface area (Å²) in [5.74, 6) is 0. The highest BCUT2D eigenvalue weighted by molar-refractivity contribution is 5.93. The fourth-order valence-corrected chi connectivity index (χ4v) is 2.27. The molecule has 2 heterocycles. The quantitative estimate of drug-likeness (QED) is 0.766. The highest BCUT2D eigenvalue weighted by Gasteiger charge is 2.01. The first-order chi connectivity index (χ1) is 9.36. The topological polar surface area (TPSA) is 29.9 Å². The van der Waals surface area contributed by atoms with Crippen LogP contribution >= 0.6 is 0 Å². The Morgan fingerprint density at radius 1 is 1.21 bits per heavy atom. The molecule has 0 unspecified atom stereocenters. The van der Waals surface area contributed by atoms with Crippen molar-refractivity contribution < 1.29 is 0 Å².